The maximum Gasteiger partial charge on any atom is 0.123 e. The molecule has 26 heavy (non-hydrogen) atoms. The molecule has 0 amide bonds. The van der Waals surface area contributed by atoms with Gasteiger partial charge in [0.15, 0.2) is 0 Å². The Bertz CT molecular complexity index is 740. The molecule has 0 bridgehead atoms. The lowest BCUT2D eigenvalue weighted by molar-refractivity contribution is 0.354. The molecule has 1 aliphatic carbocycles. The van der Waals surface area contributed by atoms with E-state index in [0.29, 0.717) is 6.61 Å². The van der Waals surface area contributed by atoms with Crippen molar-refractivity contribution in [2.45, 2.75) is 65.3 Å². The highest BCUT2D eigenvalue weighted by Crippen LogP contribution is 2.37. The van der Waals surface area contributed by atoms with Crippen LogP contribution in [0.2, 0.25) is 32.7 Å². The first kappa shape index (κ1) is 21.0. The Morgan fingerprint density at radius 1 is 1.12 bits per heavy atom. The Morgan fingerprint density at radius 2 is 1.77 bits per heavy atom. The summed E-state index contributed by atoms with van der Waals surface area (Å²) in [5.41, 5.74) is 1.36. The summed E-state index contributed by atoms with van der Waals surface area (Å²) in [4.78, 5) is 0. The van der Waals surface area contributed by atoms with Crippen molar-refractivity contribution in [2.75, 3.05) is 6.61 Å². The Kier molecular flexibility index (Phi) is 5.94. The minimum atomic E-state index is -1.83. The lowest BCUT2D eigenvalue weighted by atomic mass is 9.86. The molecule has 0 saturated heterocycles. The molecule has 0 radical (unpaired) electrons. The molecule has 2 rings (SSSR count). The molecule has 3 heteroatoms. The van der Waals surface area contributed by atoms with Crippen LogP contribution in [-0.2, 0) is 5.41 Å². The van der Waals surface area contributed by atoms with Crippen LogP contribution in [-0.4, -0.2) is 22.8 Å². The van der Waals surface area contributed by atoms with Gasteiger partial charge in [-0.15, -0.1) is 0 Å². The first-order chi connectivity index (χ1) is 11.9. The fraction of sp³-hybridized carbons (Fsp3) is 0.478. The molecule has 0 N–H and O–H groups in total. The molecular formula is C23H36OSi2. The van der Waals surface area contributed by atoms with Gasteiger partial charge in [-0.05, 0) is 22.6 Å². The largest absolute Gasteiger partial charge is 0.489 e. The van der Waals surface area contributed by atoms with E-state index in [1.807, 2.05) is 6.08 Å². The fourth-order valence-corrected chi connectivity index (χ4v) is 10.6. The molecule has 1 aliphatic rings. The minimum Gasteiger partial charge on any atom is -0.489 e. The molecule has 0 atom stereocenters. The molecule has 0 spiro atoms. The van der Waals surface area contributed by atoms with E-state index in [-0.39, 0.29) is 5.41 Å². The summed E-state index contributed by atoms with van der Waals surface area (Å²) in [6.45, 7) is 23.6. The lowest BCUT2D eigenvalue weighted by Gasteiger charge is -2.34. The van der Waals surface area contributed by atoms with E-state index in [4.69, 9.17) is 4.74 Å². The van der Waals surface area contributed by atoms with Crippen LogP contribution in [0.3, 0.4) is 0 Å². The van der Waals surface area contributed by atoms with Crippen molar-refractivity contribution in [3.63, 3.8) is 0 Å². The van der Waals surface area contributed by atoms with Crippen LogP contribution in [0.1, 0.15) is 32.8 Å². The zero-order valence-corrected chi connectivity index (χ0v) is 20.0. The van der Waals surface area contributed by atoms with Crippen LogP contribution >= 0.6 is 0 Å². The zero-order chi connectivity index (χ0) is 19.8. The van der Waals surface area contributed by atoms with Gasteiger partial charge in [0.2, 0.25) is 0 Å². The molecule has 0 aromatic heterocycles. The van der Waals surface area contributed by atoms with Gasteiger partial charge >= 0.3 is 0 Å². The van der Waals surface area contributed by atoms with E-state index >= 15 is 0 Å². The molecule has 142 valence electrons. The normalized spacial score (nSPS) is 15.5. The summed E-state index contributed by atoms with van der Waals surface area (Å²) >= 11 is 0. The highest BCUT2D eigenvalue weighted by molar-refractivity contribution is 6.98. The molecule has 0 fully saturated rings. The van der Waals surface area contributed by atoms with Gasteiger partial charge in [0, 0.05) is 0 Å². The summed E-state index contributed by atoms with van der Waals surface area (Å²) < 4.78 is 6.30. The third kappa shape index (κ3) is 4.15. The van der Waals surface area contributed by atoms with E-state index in [1.165, 1.54) is 10.8 Å². The molecule has 1 aromatic carbocycles. The summed E-state index contributed by atoms with van der Waals surface area (Å²) in [5.74, 6) is 1.10. The summed E-state index contributed by atoms with van der Waals surface area (Å²) in [6, 6.07) is 6.77. The van der Waals surface area contributed by atoms with Crippen molar-refractivity contribution in [1.29, 1.82) is 0 Å². The molecular weight excluding hydrogens is 348 g/mol. The quantitative estimate of drug-likeness (QED) is 0.423. The number of hydrogen-bond acceptors (Lipinski definition) is 1. The predicted molar refractivity (Wildman–Crippen MR) is 122 cm³/mol. The number of rotatable bonds is 6. The standard InChI is InChI=1S/C23H36OSi2/c1-10-17-24-22-18(23(2,3)4)13-11-16-21(22)26(8,9)20-15-12-14-19(20)25(5,6)7/h10-14,16H,1,15,17H2,2-9H3. The highest BCUT2D eigenvalue weighted by atomic mass is 28.3. The molecule has 1 aromatic rings. The van der Waals surface area contributed by atoms with E-state index in [9.17, 15) is 0 Å². The maximum absolute atomic E-state index is 6.30. The maximum atomic E-state index is 6.30. The van der Waals surface area contributed by atoms with Gasteiger partial charge < -0.3 is 4.74 Å². The van der Waals surface area contributed by atoms with E-state index < -0.39 is 16.1 Å². The Morgan fingerprint density at radius 3 is 2.31 bits per heavy atom. The second-order valence-electron chi connectivity index (χ2n) is 9.91. The molecule has 0 heterocycles. The third-order valence-electron chi connectivity index (χ3n) is 5.34. The number of allylic oxidation sites excluding steroid dienone is 4. The monoisotopic (exact) mass is 384 g/mol. The fourth-order valence-electron chi connectivity index (χ4n) is 3.88. The Labute approximate surface area is 162 Å². The van der Waals surface area contributed by atoms with Gasteiger partial charge in [-0.1, -0.05) is 107 Å². The molecule has 0 unspecified atom stereocenters. The molecule has 0 saturated carbocycles. The first-order valence-corrected chi connectivity index (χ1v) is 16.2. The minimum absolute atomic E-state index is 0.0565. The SMILES string of the molecule is C=CCOc1c(C(C)(C)C)cccc1[Si](C)(C)C1=C([Si](C)(C)C)C=CC1. The van der Waals surface area contributed by atoms with Crippen LogP contribution in [0, 0.1) is 0 Å². The smallest absolute Gasteiger partial charge is 0.123 e. The van der Waals surface area contributed by atoms with Crippen molar-refractivity contribution < 1.29 is 4.74 Å². The van der Waals surface area contributed by atoms with Crippen molar-refractivity contribution in [3.05, 3.63) is 59.0 Å². The molecule has 1 nitrogen and oxygen atoms in total. The van der Waals surface area contributed by atoms with Crippen LogP contribution in [0.15, 0.2) is 53.4 Å². The highest BCUT2D eigenvalue weighted by Gasteiger charge is 2.38. The number of benzene rings is 1. The second kappa shape index (κ2) is 7.36. The zero-order valence-electron chi connectivity index (χ0n) is 18.0. The van der Waals surface area contributed by atoms with Crippen LogP contribution in [0.4, 0.5) is 0 Å². The van der Waals surface area contributed by atoms with Crippen molar-refractivity contribution in [2.24, 2.45) is 0 Å². The van der Waals surface area contributed by atoms with Crippen molar-refractivity contribution in [1.82, 2.24) is 0 Å². The second-order valence-corrected chi connectivity index (χ2v) is 19.3. The summed E-state index contributed by atoms with van der Waals surface area (Å²) in [5, 5.41) is 4.79. The average molecular weight is 385 g/mol. The Balaban J connectivity index is 2.68. The summed E-state index contributed by atoms with van der Waals surface area (Å²) in [6.07, 6.45) is 7.74. The Hall–Kier alpha value is -1.33. The topological polar surface area (TPSA) is 9.23 Å². The number of ether oxygens (including phenoxy) is 1. The van der Waals surface area contributed by atoms with Crippen molar-refractivity contribution in [3.8, 4) is 5.75 Å². The van der Waals surface area contributed by atoms with Gasteiger partial charge in [0.05, 0.1) is 8.07 Å². The number of hydrogen-bond donors (Lipinski definition) is 0. The predicted octanol–water partition coefficient (Wildman–Crippen LogP) is 6.14. The first-order valence-electron chi connectivity index (χ1n) is 9.69. The van der Waals surface area contributed by atoms with Crippen LogP contribution in [0.5, 0.6) is 5.75 Å². The van der Waals surface area contributed by atoms with Gasteiger partial charge in [0.1, 0.15) is 20.4 Å². The van der Waals surface area contributed by atoms with Gasteiger partial charge in [-0.25, -0.2) is 0 Å². The van der Waals surface area contributed by atoms with Gasteiger partial charge in [0.25, 0.3) is 0 Å². The number of para-hydroxylation sites is 1. The third-order valence-corrected chi connectivity index (χ3v) is 11.4. The van der Waals surface area contributed by atoms with E-state index in [0.717, 1.165) is 12.2 Å². The van der Waals surface area contributed by atoms with Gasteiger partial charge in [-0.3, -0.25) is 0 Å². The van der Waals surface area contributed by atoms with E-state index in [1.54, 1.807) is 10.4 Å². The average Bonchev–Trinajstić information content (AvgIpc) is 3.02. The molecule has 0 aliphatic heterocycles. The van der Waals surface area contributed by atoms with E-state index in [2.05, 4.69) is 90.4 Å². The van der Waals surface area contributed by atoms with Crippen molar-refractivity contribution >= 4 is 21.3 Å². The van der Waals surface area contributed by atoms with Gasteiger partial charge in [-0.2, -0.15) is 0 Å². The lowest BCUT2D eigenvalue weighted by Crippen LogP contribution is -2.47. The van der Waals surface area contributed by atoms with Crippen LogP contribution in [0.25, 0.3) is 0 Å². The summed E-state index contributed by atoms with van der Waals surface area (Å²) in [7, 11) is -3.18. The van der Waals surface area contributed by atoms with Crippen LogP contribution < -0.4 is 9.92 Å².